The fourth-order valence-electron chi connectivity index (χ4n) is 4.62. The number of ether oxygens (including phenoxy) is 4. The number of methoxy groups -OCH3 is 1. The van der Waals surface area contributed by atoms with E-state index >= 15 is 0 Å². The average Bonchev–Trinajstić information content (AvgIpc) is 3.26. The van der Waals surface area contributed by atoms with Gasteiger partial charge in [-0.05, 0) is 54.8 Å². The second-order valence-electron chi connectivity index (χ2n) is 9.83. The number of hydrogen-bond acceptors (Lipinski definition) is 8. The minimum absolute atomic E-state index is 0.0346. The van der Waals surface area contributed by atoms with Crippen molar-refractivity contribution in [1.82, 2.24) is 0 Å². The van der Waals surface area contributed by atoms with E-state index in [4.69, 9.17) is 40.7 Å². The van der Waals surface area contributed by atoms with Gasteiger partial charge in [0.15, 0.2) is 11.5 Å². The molecule has 2 heterocycles. The van der Waals surface area contributed by atoms with E-state index in [-0.39, 0.29) is 23.0 Å². The van der Waals surface area contributed by atoms with Crippen molar-refractivity contribution in [3.8, 4) is 29.1 Å². The molecule has 2 N–H and O–H groups in total. The van der Waals surface area contributed by atoms with Crippen LogP contribution in [-0.2, 0) is 0 Å². The van der Waals surface area contributed by atoms with E-state index in [0.29, 0.717) is 51.5 Å². The molecule has 0 radical (unpaired) electrons. The van der Waals surface area contributed by atoms with Crippen LogP contribution in [0.5, 0.6) is 23.0 Å². The molecule has 0 amide bonds. The first-order chi connectivity index (χ1) is 19.2. The van der Waals surface area contributed by atoms with Crippen LogP contribution in [0.25, 0.3) is 11.0 Å². The molecule has 204 valence electrons. The van der Waals surface area contributed by atoms with Crippen molar-refractivity contribution >= 4 is 28.5 Å². The van der Waals surface area contributed by atoms with Gasteiger partial charge in [0.25, 0.3) is 0 Å². The van der Waals surface area contributed by atoms with Crippen molar-refractivity contribution in [2.24, 2.45) is 11.7 Å². The fourth-order valence-corrected chi connectivity index (χ4v) is 4.79. The third-order valence-electron chi connectivity index (χ3n) is 6.58. The van der Waals surface area contributed by atoms with E-state index in [0.717, 1.165) is 10.9 Å². The summed E-state index contributed by atoms with van der Waals surface area (Å²) in [5.74, 6) is 0.913. The first-order valence-electron chi connectivity index (χ1n) is 12.6. The lowest BCUT2D eigenvalue weighted by Crippen LogP contribution is -2.21. The van der Waals surface area contributed by atoms with Gasteiger partial charge in [0, 0.05) is 27.6 Å². The van der Waals surface area contributed by atoms with E-state index in [1.165, 1.54) is 0 Å². The van der Waals surface area contributed by atoms with Crippen LogP contribution in [0.3, 0.4) is 0 Å². The van der Waals surface area contributed by atoms with Crippen LogP contribution in [-0.4, -0.2) is 19.7 Å². The summed E-state index contributed by atoms with van der Waals surface area (Å²) < 4.78 is 28.6. The summed E-state index contributed by atoms with van der Waals surface area (Å²) >= 11 is 6.10. The molecule has 0 bridgehead atoms. The Morgan fingerprint density at radius 1 is 1.12 bits per heavy atom. The highest BCUT2D eigenvalue weighted by atomic mass is 35.5. The Labute approximate surface area is 236 Å². The van der Waals surface area contributed by atoms with Gasteiger partial charge in [0.2, 0.25) is 11.6 Å². The molecule has 1 unspecified atom stereocenters. The van der Waals surface area contributed by atoms with Crippen molar-refractivity contribution in [2.75, 3.05) is 13.7 Å². The second kappa shape index (κ2) is 10.9. The Kier molecular flexibility index (Phi) is 7.33. The monoisotopic (exact) mass is 558 g/mol. The summed E-state index contributed by atoms with van der Waals surface area (Å²) in [4.78, 5) is 13.0. The molecule has 0 saturated carbocycles. The Balaban J connectivity index is 1.47. The highest BCUT2D eigenvalue weighted by Crippen LogP contribution is 2.45. The summed E-state index contributed by atoms with van der Waals surface area (Å²) in [5, 5.41) is 11.2. The highest BCUT2D eigenvalue weighted by Gasteiger charge is 2.32. The third-order valence-corrected chi connectivity index (χ3v) is 6.81. The average molecular weight is 559 g/mol. The molecule has 1 aromatic heterocycles. The molecule has 0 saturated heterocycles. The number of furan rings is 1. The molecule has 1 aliphatic rings. The molecule has 8 nitrogen and oxygen atoms in total. The van der Waals surface area contributed by atoms with Crippen molar-refractivity contribution in [1.29, 1.82) is 5.26 Å². The molecule has 1 aliphatic heterocycles. The molecule has 1 atom stereocenters. The number of hydrogen-bond donors (Lipinski definition) is 1. The van der Waals surface area contributed by atoms with Gasteiger partial charge in [0.1, 0.15) is 28.7 Å². The van der Waals surface area contributed by atoms with Crippen molar-refractivity contribution in [3.63, 3.8) is 0 Å². The minimum atomic E-state index is -0.667. The van der Waals surface area contributed by atoms with Gasteiger partial charge < -0.3 is 29.1 Å². The number of esters is 1. The molecule has 0 spiro atoms. The van der Waals surface area contributed by atoms with Crippen molar-refractivity contribution in [3.05, 3.63) is 93.5 Å². The van der Waals surface area contributed by atoms with Crippen LogP contribution in [0.1, 0.15) is 47.0 Å². The van der Waals surface area contributed by atoms with E-state index in [9.17, 15) is 10.1 Å². The number of fused-ring (bicyclic) bond motifs is 2. The number of nitrogens with two attached hydrogens (primary N) is 1. The zero-order chi connectivity index (χ0) is 28.6. The Morgan fingerprint density at radius 2 is 1.93 bits per heavy atom. The normalized spacial score (nSPS) is 14.5. The van der Waals surface area contributed by atoms with Crippen LogP contribution in [0.4, 0.5) is 0 Å². The van der Waals surface area contributed by atoms with E-state index in [1.54, 1.807) is 50.4 Å². The molecule has 3 aromatic carbocycles. The Morgan fingerprint density at radius 3 is 2.65 bits per heavy atom. The summed E-state index contributed by atoms with van der Waals surface area (Å²) in [6.45, 7) is 6.43. The van der Waals surface area contributed by atoms with Gasteiger partial charge >= 0.3 is 5.97 Å². The van der Waals surface area contributed by atoms with E-state index < -0.39 is 11.9 Å². The maximum atomic E-state index is 13.0. The van der Waals surface area contributed by atoms with E-state index in [1.807, 2.05) is 18.2 Å². The number of nitrogens with zero attached hydrogens (tertiary/aromatic N) is 1. The van der Waals surface area contributed by atoms with Crippen LogP contribution in [0.15, 0.2) is 70.5 Å². The number of nitriles is 1. The first kappa shape index (κ1) is 27.0. The van der Waals surface area contributed by atoms with Gasteiger partial charge in [-0.2, -0.15) is 5.26 Å². The summed E-state index contributed by atoms with van der Waals surface area (Å²) in [6.07, 6.45) is 0. The molecule has 9 heteroatoms. The summed E-state index contributed by atoms with van der Waals surface area (Å²) in [7, 11) is 1.56. The van der Waals surface area contributed by atoms with Crippen LogP contribution < -0.4 is 24.7 Å². The van der Waals surface area contributed by atoms with Gasteiger partial charge in [-0.25, -0.2) is 4.79 Å². The first-order valence-corrected chi connectivity index (χ1v) is 13.0. The number of aryl methyl sites for hydroxylation is 1. The van der Waals surface area contributed by atoms with Crippen LogP contribution >= 0.6 is 11.6 Å². The summed E-state index contributed by atoms with van der Waals surface area (Å²) in [5.41, 5.74) is 9.03. The fraction of sp³-hybridized carbons (Fsp3) is 0.226. The molecular weight excluding hydrogens is 532 g/mol. The maximum Gasteiger partial charge on any atom is 0.379 e. The second-order valence-corrected chi connectivity index (χ2v) is 10.3. The Hall–Kier alpha value is -4.61. The smallest absolute Gasteiger partial charge is 0.379 e. The molecule has 0 aliphatic carbocycles. The SMILES string of the molecule is COc1cc(C2C(C#N)=C(N)Oc3cc(OC(=O)c4oc5ccc(Cl)cc5c4C)ccc32)ccc1OCC(C)C. The van der Waals surface area contributed by atoms with Gasteiger partial charge in [-0.3, -0.25) is 0 Å². The predicted molar refractivity (Wildman–Crippen MR) is 150 cm³/mol. The predicted octanol–water partition coefficient (Wildman–Crippen LogP) is 6.88. The zero-order valence-corrected chi connectivity index (χ0v) is 23.2. The molecular formula is C31H27ClN2O6. The lowest BCUT2D eigenvalue weighted by molar-refractivity contribution is 0.0702. The number of carbonyl (C=O) groups excluding carboxylic acids is 1. The van der Waals surface area contributed by atoms with Gasteiger partial charge in [-0.1, -0.05) is 37.6 Å². The van der Waals surface area contributed by atoms with Crippen LogP contribution in [0, 0.1) is 24.2 Å². The minimum Gasteiger partial charge on any atom is -0.493 e. The summed E-state index contributed by atoms with van der Waals surface area (Å²) in [6, 6.07) is 17.8. The molecule has 4 aromatic rings. The largest absolute Gasteiger partial charge is 0.493 e. The highest BCUT2D eigenvalue weighted by molar-refractivity contribution is 6.31. The standard InChI is InChI=1S/C31H27ClN2O6/c1-16(2)15-37-25-9-5-18(11-27(25)36-4)28-21-8-7-20(13-26(21)40-30(34)23(28)14-33)38-31(35)29-17(3)22-12-19(32)6-10-24(22)39-29/h5-13,16,28H,15,34H2,1-4H3. The number of halogens is 1. The van der Waals surface area contributed by atoms with Crippen molar-refractivity contribution in [2.45, 2.75) is 26.7 Å². The Bertz CT molecular complexity index is 1700. The quantitative estimate of drug-likeness (QED) is 0.193. The van der Waals surface area contributed by atoms with E-state index in [2.05, 4.69) is 19.9 Å². The van der Waals surface area contributed by atoms with Gasteiger partial charge in [0.05, 0.1) is 19.6 Å². The number of rotatable bonds is 7. The topological polar surface area (TPSA) is 117 Å². The number of carbonyl (C=O) groups is 1. The maximum absolute atomic E-state index is 13.0. The number of benzene rings is 3. The van der Waals surface area contributed by atoms with Gasteiger partial charge in [-0.15, -0.1) is 0 Å². The molecule has 40 heavy (non-hydrogen) atoms. The molecule has 5 rings (SSSR count). The van der Waals surface area contributed by atoms with Crippen LogP contribution in [0.2, 0.25) is 5.02 Å². The number of allylic oxidation sites excluding steroid dienone is 1. The van der Waals surface area contributed by atoms with Crippen molar-refractivity contribution < 1.29 is 28.2 Å². The third kappa shape index (κ3) is 5.04. The molecule has 0 fully saturated rings. The lowest BCUT2D eigenvalue weighted by atomic mass is 9.83. The lowest BCUT2D eigenvalue weighted by Gasteiger charge is -2.27. The zero-order valence-electron chi connectivity index (χ0n) is 22.4.